The highest BCUT2D eigenvalue weighted by atomic mass is 15.2. The van der Waals surface area contributed by atoms with E-state index in [0.717, 1.165) is 12.5 Å². The Balaban J connectivity index is 2.34. The monoisotopic (exact) mass is 179 g/mol. The lowest BCUT2D eigenvalue weighted by atomic mass is 10.4. The fourth-order valence-corrected chi connectivity index (χ4v) is 1.06. The maximum atomic E-state index is 5.72. The summed E-state index contributed by atoms with van der Waals surface area (Å²) in [6.45, 7) is 4.58. The minimum atomic E-state index is 0.574. The van der Waals surface area contributed by atoms with E-state index in [1.807, 2.05) is 11.9 Å². The van der Waals surface area contributed by atoms with Crippen LogP contribution < -0.4 is 5.73 Å². The van der Waals surface area contributed by atoms with Gasteiger partial charge in [-0.3, -0.25) is 0 Å². The highest BCUT2D eigenvalue weighted by Crippen LogP contribution is 2.29. The minimum Gasteiger partial charge on any atom is -0.370 e. The molecule has 1 rings (SSSR count). The van der Waals surface area contributed by atoms with E-state index in [1.165, 1.54) is 12.8 Å². The first kappa shape index (κ1) is 9.84. The van der Waals surface area contributed by atoms with Crippen LogP contribution in [0.4, 0.5) is 0 Å². The van der Waals surface area contributed by atoms with E-state index < -0.39 is 0 Å². The van der Waals surface area contributed by atoms with Crippen molar-refractivity contribution in [3.8, 4) is 0 Å². The van der Waals surface area contributed by atoms with E-state index in [9.17, 15) is 0 Å². The molecule has 0 unspecified atom stereocenters. The molecule has 3 heteroatoms. The average Bonchev–Trinajstić information content (AvgIpc) is 2.88. The number of guanidine groups is 1. The van der Waals surface area contributed by atoms with Crippen molar-refractivity contribution >= 4 is 5.96 Å². The van der Waals surface area contributed by atoms with Crippen LogP contribution in [0.25, 0.3) is 0 Å². The molecule has 0 radical (unpaired) electrons. The summed E-state index contributed by atoms with van der Waals surface area (Å²) in [7, 11) is 1.97. The number of allylic oxidation sites excluding steroid dienone is 2. The smallest absolute Gasteiger partial charge is 0.195 e. The Bertz CT molecular complexity index is 226. The Labute approximate surface area is 79.6 Å². The standard InChI is InChI=1S/C10H17N3/c1-3-4-7-12-10(11)13(2)8-9-5-6-9/h3-4,7,9H,1,5-6,8H2,2H3,(H2,11,12)/b7-4-. The van der Waals surface area contributed by atoms with Gasteiger partial charge in [-0.2, -0.15) is 0 Å². The van der Waals surface area contributed by atoms with E-state index in [0.29, 0.717) is 5.96 Å². The molecule has 1 aliphatic rings. The van der Waals surface area contributed by atoms with Crippen LogP contribution in [-0.4, -0.2) is 24.5 Å². The van der Waals surface area contributed by atoms with Gasteiger partial charge in [-0.15, -0.1) is 0 Å². The predicted molar refractivity (Wildman–Crippen MR) is 56.3 cm³/mol. The van der Waals surface area contributed by atoms with Crippen LogP contribution in [0, 0.1) is 5.92 Å². The SMILES string of the molecule is C=C/C=C\N=C(/N)N(C)CC1CC1. The lowest BCUT2D eigenvalue weighted by Crippen LogP contribution is -2.35. The fourth-order valence-electron chi connectivity index (χ4n) is 1.06. The van der Waals surface area contributed by atoms with Gasteiger partial charge >= 0.3 is 0 Å². The van der Waals surface area contributed by atoms with Gasteiger partial charge in [0.05, 0.1) is 0 Å². The second-order valence-corrected chi connectivity index (χ2v) is 3.39. The molecule has 1 fully saturated rings. The molecule has 0 bridgehead atoms. The van der Waals surface area contributed by atoms with E-state index in [4.69, 9.17) is 5.73 Å². The minimum absolute atomic E-state index is 0.574. The second-order valence-electron chi connectivity index (χ2n) is 3.39. The Morgan fingerprint density at radius 3 is 2.92 bits per heavy atom. The lowest BCUT2D eigenvalue weighted by Gasteiger charge is -2.16. The van der Waals surface area contributed by atoms with E-state index in [2.05, 4.69) is 11.6 Å². The number of rotatable bonds is 4. The van der Waals surface area contributed by atoms with E-state index in [1.54, 1.807) is 18.4 Å². The normalized spacial score (nSPS) is 17.8. The number of nitrogens with two attached hydrogens (primary N) is 1. The van der Waals surface area contributed by atoms with Crippen molar-refractivity contribution in [2.75, 3.05) is 13.6 Å². The van der Waals surface area contributed by atoms with Crippen LogP contribution in [0.1, 0.15) is 12.8 Å². The second kappa shape index (κ2) is 4.70. The molecule has 0 aromatic carbocycles. The van der Waals surface area contributed by atoms with Gasteiger partial charge in [0.2, 0.25) is 0 Å². The molecule has 1 saturated carbocycles. The van der Waals surface area contributed by atoms with E-state index in [-0.39, 0.29) is 0 Å². The molecule has 13 heavy (non-hydrogen) atoms. The van der Waals surface area contributed by atoms with Gasteiger partial charge < -0.3 is 10.6 Å². The van der Waals surface area contributed by atoms with Gasteiger partial charge in [0.25, 0.3) is 0 Å². The Morgan fingerprint density at radius 1 is 1.69 bits per heavy atom. The van der Waals surface area contributed by atoms with Gasteiger partial charge in [-0.05, 0) is 24.8 Å². The van der Waals surface area contributed by atoms with Crippen LogP contribution in [0.3, 0.4) is 0 Å². The molecule has 0 saturated heterocycles. The molecule has 0 aliphatic heterocycles. The molecule has 72 valence electrons. The van der Waals surface area contributed by atoms with Crippen molar-refractivity contribution in [1.82, 2.24) is 4.90 Å². The third-order valence-electron chi connectivity index (χ3n) is 2.05. The molecule has 0 aromatic rings. The van der Waals surface area contributed by atoms with Gasteiger partial charge in [-0.1, -0.05) is 12.7 Å². The number of hydrogen-bond acceptors (Lipinski definition) is 1. The zero-order valence-electron chi connectivity index (χ0n) is 8.11. The summed E-state index contributed by atoms with van der Waals surface area (Å²) in [5.74, 6) is 1.41. The van der Waals surface area contributed by atoms with Gasteiger partial charge in [0.1, 0.15) is 0 Å². The Kier molecular flexibility index (Phi) is 3.55. The largest absolute Gasteiger partial charge is 0.370 e. The molecule has 0 heterocycles. The highest BCUT2D eigenvalue weighted by Gasteiger charge is 2.23. The maximum Gasteiger partial charge on any atom is 0.195 e. The van der Waals surface area contributed by atoms with Gasteiger partial charge in [0, 0.05) is 19.8 Å². The van der Waals surface area contributed by atoms with Crippen LogP contribution in [0.2, 0.25) is 0 Å². The summed E-state index contributed by atoms with van der Waals surface area (Å²) in [4.78, 5) is 6.05. The highest BCUT2D eigenvalue weighted by molar-refractivity contribution is 5.78. The number of hydrogen-bond donors (Lipinski definition) is 1. The third-order valence-corrected chi connectivity index (χ3v) is 2.05. The molecule has 0 atom stereocenters. The molecule has 0 spiro atoms. The molecular formula is C10H17N3. The topological polar surface area (TPSA) is 41.6 Å². The summed E-state index contributed by atoms with van der Waals surface area (Å²) in [5, 5.41) is 0. The first-order valence-electron chi connectivity index (χ1n) is 4.56. The van der Waals surface area contributed by atoms with Crippen LogP contribution in [0.15, 0.2) is 29.9 Å². The molecule has 1 aliphatic carbocycles. The van der Waals surface area contributed by atoms with Crippen LogP contribution in [-0.2, 0) is 0 Å². The van der Waals surface area contributed by atoms with Crippen molar-refractivity contribution in [3.05, 3.63) is 24.9 Å². The summed E-state index contributed by atoms with van der Waals surface area (Å²) in [6.07, 6.45) is 7.77. The molecule has 0 amide bonds. The summed E-state index contributed by atoms with van der Waals surface area (Å²) < 4.78 is 0. The van der Waals surface area contributed by atoms with Gasteiger partial charge in [-0.25, -0.2) is 4.99 Å². The first-order chi connectivity index (χ1) is 6.24. The summed E-state index contributed by atoms with van der Waals surface area (Å²) in [5.41, 5.74) is 5.72. The summed E-state index contributed by atoms with van der Waals surface area (Å²) in [6, 6.07) is 0. The first-order valence-corrected chi connectivity index (χ1v) is 4.56. The van der Waals surface area contributed by atoms with Crippen molar-refractivity contribution in [2.24, 2.45) is 16.6 Å². The van der Waals surface area contributed by atoms with Crippen molar-refractivity contribution in [2.45, 2.75) is 12.8 Å². The summed E-state index contributed by atoms with van der Waals surface area (Å²) >= 11 is 0. The van der Waals surface area contributed by atoms with Crippen LogP contribution in [0.5, 0.6) is 0 Å². The zero-order valence-corrected chi connectivity index (χ0v) is 8.11. The van der Waals surface area contributed by atoms with Gasteiger partial charge in [0.15, 0.2) is 5.96 Å². The maximum absolute atomic E-state index is 5.72. The molecule has 0 aromatic heterocycles. The predicted octanol–water partition coefficient (Wildman–Crippen LogP) is 1.34. The average molecular weight is 179 g/mol. The lowest BCUT2D eigenvalue weighted by molar-refractivity contribution is 0.470. The quantitative estimate of drug-likeness (QED) is 0.402. The van der Waals surface area contributed by atoms with E-state index >= 15 is 0 Å². The Morgan fingerprint density at radius 2 is 2.38 bits per heavy atom. The van der Waals surface area contributed by atoms with Crippen molar-refractivity contribution in [3.63, 3.8) is 0 Å². The Hall–Kier alpha value is -1.25. The van der Waals surface area contributed by atoms with Crippen molar-refractivity contribution in [1.29, 1.82) is 0 Å². The number of aliphatic imine (C=N–C) groups is 1. The molecule has 3 nitrogen and oxygen atoms in total. The third kappa shape index (κ3) is 3.78. The van der Waals surface area contributed by atoms with Crippen LogP contribution >= 0.6 is 0 Å². The fraction of sp³-hybridized carbons (Fsp3) is 0.500. The molecule has 2 N–H and O–H groups in total. The molecular weight excluding hydrogens is 162 g/mol. The number of nitrogens with zero attached hydrogens (tertiary/aromatic N) is 2. The van der Waals surface area contributed by atoms with Crippen molar-refractivity contribution < 1.29 is 0 Å². The zero-order chi connectivity index (χ0) is 9.68.